The third-order valence-corrected chi connectivity index (χ3v) is 5.43. The van der Waals surface area contributed by atoms with Crippen LogP contribution in [0.3, 0.4) is 0 Å². The first-order valence-electron chi connectivity index (χ1n) is 10.2. The van der Waals surface area contributed by atoms with E-state index in [-0.39, 0.29) is 6.42 Å². The Morgan fingerprint density at radius 2 is 1.91 bits per heavy atom. The zero-order valence-electron chi connectivity index (χ0n) is 17.1. The third kappa shape index (κ3) is 3.74. The summed E-state index contributed by atoms with van der Waals surface area (Å²) < 4.78 is 11.8. The number of nitrogens with zero attached hydrogens (tertiary/aromatic N) is 1. The minimum absolute atomic E-state index is 0.0886. The van der Waals surface area contributed by atoms with Crippen molar-refractivity contribution in [2.75, 3.05) is 5.73 Å². The van der Waals surface area contributed by atoms with Crippen LogP contribution in [0.1, 0.15) is 11.1 Å². The molecule has 0 aliphatic carbocycles. The molecule has 2 aromatic heterocycles. The van der Waals surface area contributed by atoms with E-state index in [1.807, 2.05) is 48.5 Å². The zero-order chi connectivity index (χ0) is 22.1. The standard InChI is InChI=1S/C26H20N2O4/c27-26-22-13-18(6-5-17(22)7-9-28-26)21-12-16(11-20-8-10-31-25(20)21)15-32-23-4-2-1-3-19(23)14-24(29)30/h1-13H,14-15H2,(H2,27,28)(H,29,30). The quantitative estimate of drug-likeness (QED) is 0.377. The van der Waals surface area contributed by atoms with Crippen molar-refractivity contribution in [2.24, 2.45) is 0 Å². The summed E-state index contributed by atoms with van der Waals surface area (Å²) in [6.07, 6.45) is 3.27. The number of rotatable bonds is 6. The van der Waals surface area contributed by atoms with Crippen LogP contribution in [0.25, 0.3) is 32.9 Å². The number of fused-ring (bicyclic) bond motifs is 2. The summed E-state index contributed by atoms with van der Waals surface area (Å²) in [5, 5.41) is 12.0. The molecule has 0 bridgehead atoms. The highest BCUT2D eigenvalue weighted by Gasteiger charge is 2.13. The molecule has 2 heterocycles. The van der Waals surface area contributed by atoms with Crippen LogP contribution in [0.2, 0.25) is 0 Å². The number of furan rings is 1. The lowest BCUT2D eigenvalue weighted by atomic mass is 9.98. The van der Waals surface area contributed by atoms with E-state index in [1.54, 1.807) is 30.7 Å². The fourth-order valence-electron chi connectivity index (χ4n) is 3.91. The molecule has 3 aromatic carbocycles. The number of nitrogens with two attached hydrogens (primary N) is 1. The van der Waals surface area contributed by atoms with Gasteiger partial charge in [-0.3, -0.25) is 4.79 Å². The number of nitrogen functional groups attached to an aromatic ring is 1. The van der Waals surface area contributed by atoms with Crippen LogP contribution >= 0.6 is 0 Å². The summed E-state index contributed by atoms with van der Waals surface area (Å²) in [4.78, 5) is 15.3. The SMILES string of the molecule is Nc1nccc2ccc(-c3cc(COc4ccccc4CC(=O)O)cc4ccoc34)cc12. The molecule has 0 unspecified atom stereocenters. The van der Waals surface area contributed by atoms with Crippen LogP contribution in [0, 0.1) is 0 Å². The van der Waals surface area contributed by atoms with Crippen LogP contribution in [-0.4, -0.2) is 16.1 Å². The summed E-state index contributed by atoms with van der Waals surface area (Å²) in [6.45, 7) is 0.294. The van der Waals surface area contributed by atoms with E-state index in [1.165, 1.54) is 0 Å². The van der Waals surface area contributed by atoms with E-state index in [9.17, 15) is 4.79 Å². The van der Waals surface area contributed by atoms with Gasteiger partial charge in [0.05, 0.1) is 12.7 Å². The van der Waals surface area contributed by atoms with Gasteiger partial charge in [0, 0.05) is 28.1 Å². The van der Waals surface area contributed by atoms with E-state index in [0.29, 0.717) is 23.7 Å². The van der Waals surface area contributed by atoms with E-state index in [0.717, 1.165) is 38.4 Å². The van der Waals surface area contributed by atoms with Gasteiger partial charge in [-0.05, 0) is 52.9 Å². The van der Waals surface area contributed by atoms with E-state index in [2.05, 4.69) is 4.98 Å². The van der Waals surface area contributed by atoms with Gasteiger partial charge < -0.3 is 20.0 Å². The monoisotopic (exact) mass is 424 g/mol. The summed E-state index contributed by atoms with van der Waals surface area (Å²) in [5.74, 6) is 0.149. The molecule has 6 nitrogen and oxygen atoms in total. The van der Waals surface area contributed by atoms with E-state index >= 15 is 0 Å². The second kappa shape index (κ2) is 8.07. The number of hydrogen-bond donors (Lipinski definition) is 2. The Bertz CT molecular complexity index is 1460. The molecule has 0 aliphatic heterocycles. The lowest BCUT2D eigenvalue weighted by Gasteiger charge is -2.12. The van der Waals surface area contributed by atoms with Crippen molar-refractivity contribution in [3.63, 3.8) is 0 Å². The number of carbonyl (C=O) groups is 1. The predicted octanol–water partition coefficient (Wildman–Crippen LogP) is 5.44. The Morgan fingerprint density at radius 1 is 1.03 bits per heavy atom. The van der Waals surface area contributed by atoms with Gasteiger partial charge in [-0.1, -0.05) is 30.3 Å². The van der Waals surface area contributed by atoms with Gasteiger partial charge in [0.25, 0.3) is 0 Å². The number of pyridine rings is 1. The van der Waals surface area contributed by atoms with Gasteiger partial charge >= 0.3 is 5.97 Å². The topological polar surface area (TPSA) is 98.6 Å². The van der Waals surface area contributed by atoms with Crippen molar-refractivity contribution in [1.29, 1.82) is 0 Å². The molecule has 0 radical (unpaired) electrons. The Hall–Kier alpha value is -4.32. The summed E-state index contributed by atoms with van der Waals surface area (Å²) in [5.41, 5.74) is 10.3. The summed E-state index contributed by atoms with van der Waals surface area (Å²) in [6, 6.07) is 21.1. The molecule has 158 valence electrons. The normalized spacial score (nSPS) is 11.1. The molecule has 0 fully saturated rings. The van der Waals surface area contributed by atoms with Crippen molar-refractivity contribution in [3.05, 3.63) is 90.3 Å². The maximum atomic E-state index is 11.2. The Labute approximate surface area is 183 Å². The molecule has 5 rings (SSSR count). The third-order valence-electron chi connectivity index (χ3n) is 5.43. The number of aliphatic carboxylic acids is 1. The average molecular weight is 424 g/mol. The van der Waals surface area contributed by atoms with Crippen LogP contribution in [-0.2, 0) is 17.8 Å². The van der Waals surface area contributed by atoms with E-state index < -0.39 is 5.97 Å². The molecule has 32 heavy (non-hydrogen) atoms. The number of ether oxygens (including phenoxy) is 1. The minimum Gasteiger partial charge on any atom is -0.489 e. The molecule has 0 saturated heterocycles. The van der Waals surface area contributed by atoms with Gasteiger partial charge in [-0.15, -0.1) is 0 Å². The van der Waals surface area contributed by atoms with Gasteiger partial charge in [-0.25, -0.2) is 4.98 Å². The Morgan fingerprint density at radius 3 is 2.78 bits per heavy atom. The largest absolute Gasteiger partial charge is 0.489 e. The number of anilines is 1. The second-order valence-electron chi connectivity index (χ2n) is 7.58. The molecule has 0 saturated carbocycles. The maximum absolute atomic E-state index is 11.2. The molecule has 5 aromatic rings. The van der Waals surface area contributed by atoms with Crippen LogP contribution in [0.5, 0.6) is 5.75 Å². The lowest BCUT2D eigenvalue weighted by molar-refractivity contribution is -0.136. The molecule has 3 N–H and O–H groups in total. The Balaban J connectivity index is 1.52. The molecular formula is C26H20N2O4. The van der Waals surface area contributed by atoms with Crippen molar-refractivity contribution in [1.82, 2.24) is 4.98 Å². The molecular weight excluding hydrogens is 404 g/mol. The lowest BCUT2D eigenvalue weighted by Crippen LogP contribution is -2.04. The van der Waals surface area contributed by atoms with Crippen molar-refractivity contribution >= 4 is 33.5 Å². The van der Waals surface area contributed by atoms with Crippen LogP contribution in [0.15, 0.2) is 83.6 Å². The first-order valence-corrected chi connectivity index (χ1v) is 10.2. The van der Waals surface area contributed by atoms with Crippen molar-refractivity contribution in [2.45, 2.75) is 13.0 Å². The number of benzene rings is 3. The molecule has 0 spiro atoms. The molecule has 0 amide bonds. The summed E-state index contributed by atoms with van der Waals surface area (Å²) in [7, 11) is 0. The zero-order valence-corrected chi connectivity index (χ0v) is 17.1. The number of para-hydroxylation sites is 1. The van der Waals surface area contributed by atoms with Gasteiger partial charge in [-0.2, -0.15) is 0 Å². The van der Waals surface area contributed by atoms with Crippen LogP contribution in [0.4, 0.5) is 5.82 Å². The smallest absolute Gasteiger partial charge is 0.307 e. The molecule has 0 atom stereocenters. The van der Waals surface area contributed by atoms with E-state index in [4.69, 9.17) is 20.0 Å². The van der Waals surface area contributed by atoms with Gasteiger partial charge in [0.2, 0.25) is 0 Å². The highest BCUT2D eigenvalue weighted by molar-refractivity contribution is 5.99. The highest BCUT2D eigenvalue weighted by atomic mass is 16.5. The van der Waals surface area contributed by atoms with Crippen LogP contribution < -0.4 is 10.5 Å². The second-order valence-corrected chi connectivity index (χ2v) is 7.58. The fraction of sp³-hybridized carbons (Fsp3) is 0.0769. The van der Waals surface area contributed by atoms with Gasteiger partial charge in [0.1, 0.15) is 23.8 Å². The highest BCUT2D eigenvalue weighted by Crippen LogP contribution is 2.34. The first-order chi connectivity index (χ1) is 15.6. The van der Waals surface area contributed by atoms with Gasteiger partial charge in [0.15, 0.2) is 0 Å². The number of carboxylic acids is 1. The van der Waals surface area contributed by atoms with Crippen molar-refractivity contribution < 1.29 is 19.1 Å². The predicted molar refractivity (Wildman–Crippen MR) is 123 cm³/mol. The average Bonchev–Trinajstić information content (AvgIpc) is 3.26. The first kappa shape index (κ1) is 19.6. The number of carboxylic acid groups (broad SMARTS) is 1. The fourth-order valence-corrected chi connectivity index (χ4v) is 3.91. The molecule has 6 heteroatoms. The Kier molecular flexibility index (Phi) is 4.95. The molecule has 0 aliphatic rings. The summed E-state index contributed by atoms with van der Waals surface area (Å²) >= 11 is 0. The maximum Gasteiger partial charge on any atom is 0.307 e. The number of hydrogen-bond acceptors (Lipinski definition) is 5. The number of aromatic nitrogens is 1. The van der Waals surface area contributed by atoms with Crippen molar-refractivity contribution in [3.8, 4) is 16.9 Å². The minimum atomic E-state index is -0.895.